The SMILES string of the molecule is CCc1cccc(C(N)CCC2CCCCO2)c1. The molecule has 2 rings (SSSR count). The van der Waals surface area contributed by atoms with Gasteiger partial charge in [-0.05, 0) is 49.7 Å². The van der Waals surface area contributed by atoms with Crippen molar-refractivity contribution in [1.82, 2.24) is 0 Å². The second-order valence-electron chi connectivity index (χ2n) is 5.27. The summed E-state index contributed by atoms with van der Waals surface area (Å²) in [6, 6.07) is 8.82. The lowest BCUT2D eigenvalue weighted by molar-refractivity contribution is 0.00912. The number of benzene rings is 1. The monoisotopic (exact) mass is 247 g/mol. The zero-order valence-corrected chi connectivity index (χ0v) is 11.4. The quantitative estimate of drug-likeness (QED) is 0.863. The lowest BCUT2D eigenvalue weighted by Crippen LogP contribution is -2.21. The van der Waals surface area contributed by atoms with Crippen LogP contribution < -0.4 is 5.73 Å². The fraction of sp³-hybridized carbons (Fsp3) is 0.625. The number of hydrogen-bond donors (Lipinski definition) is 1. The molecule has 0 radical (unpaired) electrons. The van der Waals surface area contributed by atoms with Crippen LogP contribution in [0.1, 0.15) is 56.2 Å². The van der Waals surface area contributed by atoms with Crippen molar-refractivity contribution in [1.29, 1.82) is 0 Å². The highest BCUT2D eigenvalue weighted by Gasteiger charge is 2.15. The van der Waals surface area contributed by atoms with E-state index < -0.39 is 0 Å². The van der Waals surface area contributed by atoms with Gasteiger partial charge in [0.2, 0.25) is 0 Å². The van der Waals surface area contributed by atoms with Crippen molar-refractivity contribution in [2.45, 2.75) is 57.6 Å². The van der Waals surface area contributed by atoms with E-state index in [1.54, 1.807) is 0 Å². The Kier molecular flexibility index (Phi) is 5.21. The summed E-state index contributed by atoms with van der Waals surface area (Å²) in [6.45, 7) is 3.12. The zero-order valence-electron chi connectivity index (χ0n) is 11.4. The Morgan fingerprint density at radius 1 is 1.39 bits per heavy atom. The number of hydrogen-bond acceptors (Lipinski definition) is 2. The summed E-state index contributed by atoms with van der Waals surface area (Å²) in [6.07, 6.45) is 7.38. The Bertz CT molecular complexity index is 358. The van der Waals surface area contributed by atoms with Crippen molar-refractivity contribution >= 4 is 0 Å². The van der Waals surface area contributed by atoms with E-state index >= 15 is 0 Å². The van der Waals surface area contributed by atoms with Crippen LogP contribution in [0.25, 0.3) is 0 Å². The predicted octanol–water partition coefficient (Wildman–Crippen LogP) is 3.60. The fourth-order valence-corrected chi connectivity index (χ4v) is 2.61. The van der Waals surface area contributed by atoms with Gasteiger partial charge in [0.15, 0.2) is 0 Å². The highest BCUT2D eigenvalue weighted by molar-refractivity contribution is 5.25. The summed E-state index contributed by atoms with van der Waals surface area (Å²) in [5, 5.41) is 0. The lowest BCUT2D eigenvalue weighted by Gasteiger charge is -2.24. The minimum Gasteiger partial charge on any atom is -0.378 e. The molecular weight excluding hydrogens is 222 g/mol. The van der Waals surface area contributed by atoms with Crippen molar-refractivity contribution in [3.8, 4) is 0 Å². The predicted molar refractivity (Wildman–Crippen MR) is 75.6 cm³/mol. The Labute approximate surface area is 111 Å². The van der Waals surface area contributed by atoms with E-state index in [-0.39, 0.29) is 6.04 Å². The summed E-state index contributed by atoms with van der Waals surface area (Å²) in [5.74, 6) is 0. The van der Waals surface area contributed by atoms with E-state index in [1.807, 2.05) is 0 Å². The Balaban J connectivity index is 1.84. The summed E-state index contributed by atoms with van der Waals surface area (Å²) in [4.78, 5) is 0. The van der Waals surface area contributed by atoms with Crippen molar-refractivity contribution in [3.63, 3.8) is 0 Å². The molecule has 1 fully saturated rings. The zero-order chi connectivity index (χ0) is 12.8. The van der Waals surface area contributed by atoms with Gasteiger partial charge in [-0.15, -0.1) is 0 Å². The van der Waals surface area contributed by atoms with Gasteiger partial charge in [-0.3, -0.25) is 0 Å². The summed E-state index contributed by atoms with van der Waals surface area (Å²) in [7, 11) is 0. The molecule has 0 saturated carbocycles. The maximum atomic E-state index is 6.28. The van der Waals surface area contributed by atoms with Crippen LogP contribution in [0.5, 0.6) is 0 Å². The molecule has 2 nitrogen and oxygen atoms in total. The molecule has 1 heterocycles. The first-order valence-electron chi connectivity index (χ1n) is 7.25. The smallest absolute Gasteiger partial charge is 0.0575 e. The van der Waals surface area contributed by atoms with Gasteiger partial charge in [0, 0.05) is 12.6 Å². The first-order valence-corrected chi connectivity index (χ1v) is 7.25. The van der Waals surface area contributed by atoms with Crippen LogP contribution in [0.2, 0.25) is 0 Å². The van der Waals surface area contributed by atoms with Gasteiger partial charge >= 0.3 is 0 Å². The summed E-state index contributed by atoms with van der Waals surface area (Å²) >= 11 is 0. The average Bonchev–Trinajstić information content (AvgIpc) is 2.46. The molecule has 1 saturated heterocycles. The minimum absolute atomic E-state index is 0.155. The van der Waals surface area contributed by atoms with Gasteiger partial charge in [0.25, 0.3) is 0 Å². The van der Waals surface area contributed by atoms with Crippen LogP contribution >= 0.6 is 0 Å². The average molecular weight is 247 g/mol. The van der Waals surface area contributed by atoms with Crippen LogP contribution in [-0.4, -0.2) is 12.7 Å². The normalized spacial score (nSPS) is 21.8. The van der Waals surface area contributed by atoms with Crippen molar-refractivity contribution < 1.29 is 4.74 Å². The Morgan fingerprint density at radius 3 is 3.00 bits per heavy atom. The highest BCUT2D eigenvalue weighted by Crippen LogP contribution is 2.22. The van der Waals surface area contributed by atoms with Crippen molar-refractivity contribution in [3.05, 3.63) is 35.4 Å². The van der Waals surface area contributed by atoms with Gasteiger partial charge in [0.1, 0.15) is 0 Å². The summed E-state index contributed by atoms with van der Waals surface area (Å²) in [5.41, 5.74) is 8.92. The second-order valence-corrected chi connectivity index (χ2v) is 5.27. The van der Waals surface area contributed by atoms with Gasteiger partial charge in [0.05, 0.1) is 6.10 Å². The largest absolute Gasteiger partial charge is 0.378 e. The van der Waals surface area contributed by atoms with E-state index in [0.29, 0.717) is 6.10 Å². The van der Waals surface area contributed by atoms with Gasteiger partial charge in [-0.2, -0.15) is 0 Å². The molecular formula is C16H25NO. The molecule has 0 aromatic heterocycles. The molecule has 0 bridgehead atoms. The maximum Gasteiger partial charge on any atom is 0.0575 e. The van der Waals surface area contributed by atoms with Gasteiger partial charge in [-0.1, -0.05) is 31.2 Å². The third kappa shape index (κ3) is 3.82. The molecule has 0 spiro atoms. The second kappa shape index (κ2) is 6.91. The van der Waals surface area contributed by atoms with E-state index in [4.69, 9.17) is 10.5 Å². The van der Waals surface area contributed by atoms with Gasteiger partial charge < -0.3 is 10.5 Å². The van der Waals surface area contributed by atoms with E-state index in [9.17, 15) is 0 Å². The molecule has 2 unspecified atom stereocenters. The highest BCUT2D eigenvalue weighted by atomic mass is 16.5. The molecule has 2 N–H and O–H groups in total. The third-order valence-electron chi connectivity index (χ3n) is 3.86. The molecule has 0 aliphatic carbocycles. The number of nitrogens with two attached hydrogens (primary N) is 1. The standard InChI is InChI=1S/C16H25NO/c1-2-13-6-5-7-14(12-13)16(17)10-9-15-8-3-4-11-18-15/h5-7,12,15-16H,2-4,8-11,17H2,1H3. The molecule has 18 heavy (non-hydrogen) atoms. The molecule has 1 aromatic rings. The molecule has 2 heteroatoms. The molecule has 1 aliphatic heterocycles. The maximum absolute atomic E-state index is 6.28. The molecule has 100 valence electrons. The Hall–Kier alpha value is -0.860. The van der Waals surface area contributed by atoms with E-state index in [1.165, 1.54) is 30.4 Å². The number of rotatable bonds is 5. The van der Waals surface area contributed by atoms with Crippen LogP contribution in [0.15, 0.2) is 24.3 Å². The minimum atomic E-state index is 0.155. The topological polar surface area (TPSA) is 35.2 Å². The number of ether oxygens (including phenoxy) is 1. The molecule has 0 amide bonds. The van der Waals surface area contributed by atoms with Gasteiger partial charge in [-0.25, -0.2) is 0 Å². The van der Waals surface area contributed by atoms with Crippen LogP contribution in [0.3, 0.4) is 0 Å². The van der Waals surface area contributed by atoms with Crippen LogP contribution in [-0.2, 0) is 11.2 Å². The van der Waals surface area contributed by atoms with Crippen LogP contribution in [0.4, 0.5) is 0 Å². The fourth-order valence-electron chi connectivity index (χ4n) is 2.61. The first-order chi connectivity index (χ1) is 8.79. The Morgan fingerprint density at radius 2 is 2.28 bits per heavy atom. The van der Waals surface area contributed by atoms with Crippen LogP contribution in [0, 0.1) is 0 Å². The number of aryl methyl sites for hydroxylation is 1. The molecule has 1 aliphatic rings. The van der Waals surface area contributed by atoms with Crippen molar-refractivity contribution in [2.75, 3.05) is 6.61 Å². The molecule has 2 atom stereocenters. The third-order valence-corrected chi connectivity index (χ3v) is 3.86. The first kappa shape index (κ1) is 13.6. The van der Waals surface area contributed by atoms with Crippen molar-refractivity contribution in [2.24, 2.45) is 5.73 Å². The summed E-state index contributed by atoms with van der Waals surface area (Å²) < 4.78 is 5.75. The lowest BCUT2D eigenvalue weighted by atomic mass is 9.96. The van der Waals surface area contributed by atoms with E-state index in [2.05, 4.69) is 31.2 Å². The van der Waals surface area contributed by atoms with E-state index in [0.717, 1.165) is 25.9 Å². The molecule has 1 aromatic carbocycles.